The van der Waals surface area contributed by atoms with Crippen molar-refractivity contribution in [3.05, 3.63) is 41.3 Å². The van der Waals surface area contributed by atoms with E-state index in [4.69, 9.17) is 9.26 Å². The highest BCUT2D eigenvalue weighted by atomic mass is 32.2. The fraction of sp³-hybridized carbons (Fsp3) is 0.471. The van der Waals surface area contributed by atoms with Gasteiger partial charge in [-0.25, -0.2) is 8.42 Å². The van der Waals surface area contributed by atoms with Crippen molar-refractivity contribution in [3.63, 3.8) is 0 Å². The number of nitrogens with one attached hydrogen (secondary N) is 1. The topological polar surface area (TPSA) is 77.1 Å². The van der Waals surface area contributed by atoms with Crippen molar-refractivity contribution in [2.45, 2.75) is 25.3 Å². The third-order valence-corrected chi connectivity index (χ3v) is 6.39. The van der Waals surface area contributed by atoms with Crippen LogP contribution in [0.4, 0.5) is 0 Å². The summed E-state index contributed by atoms with van der Waals surface area (Å²) < 4.78 is 37.9. The van der Waals surface area contributed by atoms with Gasteiger partial charge < -0.3 is 14.2 Å². The summed E-state index contributed by atoms with van der Waals surface area (Å²) in [4.78, 5) is 1.54. The summed E-state index contributed by atoms with van der Waals surface area (Å²) in [7, 11) is -2.07. The summed E-state index contributed by atoms with van der Waals surface area (Å²) in [6.45, 7) is 6.92. The van der Waals surface area contributed by atoms with Crippen molar-refractivity contribution in [1.82, 2.24) is 9.46 Å². The minimum atomic E-state index is -3.56. The van der Waals surface area contributed by atoms with Crippen LogP contribution in [0, 0.1) is 13.8 Å². The van der Waals surface area contributed by atoms with E-state index in [1.807, 2.05) is 26.0 Å². The summed E-state index contributed by atoms with van der Waals surface area (Å²) >= 11 is 0. The van der Waals surface area contributed by atoms with Gasteiger partial charge in [-0.15, -0.1) is 0 Å². The maximum Gasteiger partial charge on any atom is 0.247 e. The van der Waals surface area contributed by atoms with Crippen LogP contribution in [0.1, 0.15) is 17.0 Å². The van der Waals surface area contributed by atoms with Gasteiger partial charge in [-0.2, -0.15) is 4.31 Å². The first kappa shape index (κ1) is 17.9. The molecule has 1 aromatic heterocycles. The molecule has 1 N–H and O–H groups in total. The van der Waals surface area contributed by atoms with E-state index in [1.54, 1.807) is 16.4 Å². The predicted molar refractivity (Wildman–Crippen MR) is 92.1 cm³/mol. The Kier molecular flexibility index (Phi) is 5.12. The molecule has 1 aliphatic rings. The largest absolute Gasteiger partial charge is 0.495 e. The standard InChI is InChI=1S/C17H23N3O4S/c1-13-4-5-16(23-3)17(10-13)25(21,22)20-8-6-19(7-9-20)12-15-11-14(2)24-18-15/h4-5,10-11H,6-9,12H2,1-3H3/p+1. The first-order chi connectivity index (χ1) is 11.9. The van der Waals surface area contributed by atoms with Gasteiger partial charge in [0.1, 0.15) is 28.6 Å². The Labute approximate surface area is 148 Å². The monoisotopic (exact) mass is 366 g/mol. The molecule has 1 aromatic carbocycles. The number of hydrogen-bond acceptors (Lipinski definition) is 5. The molecule has 0 saturated carbocycles. The lowest BCUT2D eigenvalue weighted by Crippen LogP contribution is -3.13. The lowest BCUT2D eigenvalue weighted by atomic mass is 10.2. The molecule has 3 rings (SSSR count). The molecule has 0 aliphatic carbocycles. The number of aromatic nitrogens is 1. The summed E-state index contributed by atoms with van der Waals surface area (Å²) in [5, 5.41) is 4.01. The minimum absolute atomic E-state index is 0.241. The summed E-state index contributed by atoms with van der Waals surface area (Å²) in [6, 6.07) is 7.15. The highest BCUT2D eigenvalue weighted by molar-refractivity contribution is 7.89. The van der Waals surface area contributed by atoms with Crippen LogP contribution in [-0.2, 0) is 16.6 Å². The predicted octanol–water partition coefficient (Wildman–Crippen LogP) is 0.389. The molecular formula is C17H24N3O4S+. The fourth-order valence-corrected chi connectivity index (χ4v) is 4.78. The van der Waals surface area contributed by atoms with Crippen LogP contribution >= 0.6 is 0 Å². The Morgan fingerprint density at radius 3 is 2.56 bits per heavy atom. The molecule has 0 radical (unpaired) electrons. The van der Waals surface area contributed by atoms with E-state index in [0.29, 0.717) is 18.8 Å². The van der Waals surface area contributed by atoms with Crippen molar-refractivity contribution in [2.75, 3.05) is 33.3 Å². The Balaban J connectivity index is 1.70. The molecule has 0 amide bonds. The average Bonchev–Trinajstić information content (AvgIpc) is 3.00. The molecule has 1 saturated heterocycles. The Morgan fingerprint density at radius 2 is 1.96 bits per heavy atom. The number of rotatable bonds is 5. The van der Waals surface area contributed by atoms with Crippen LogP contribution in [0.5, 0.6) is 5.75 Å². The normalized spacial score (nSPS) is 16.9. The Morgan fingerprint density at radius 1 is 1.24 bits per heavy atom. The minimum Gasteiger partial charge on any atom is -0.495 e. The number of aryl methyl sites for hydroxylation is 2. The third-order valence-electron chi connectivity index (χ3n) is 4.47. The van der Waals surface area contributed by atoms with E-state index in [0.717, 1.165) is 36.7 Å². The van der Waals surface area contributed by atoms with Crippen molar-refractivity contribution >= 4 is 10.0 Å². The van der Waals surface area contributed by atoms with Crippen LogP contribution < -0.4 is 9.64 Å². The van der Waals surface area contributed by atoms with Crippen LogP contribution in [0.2, 0.25) is 0 Å². The molecular weight excluding hydrogens is 342 g/mol. The highest BCUT2D eigenvalue weighted by Gasteiger charge is 2.32. The zero-order valence-corrected chi connectivity index (χ0v) is 15.6. The second-order valence-corrected chi connectivity index (χ2v) is 8.32. The number of hydrogen-bond donors (Lipinski definition) is 1. The Hall–Kier alpha value is -1.90. The number of benzene rings is 1. The number of ether oxygens (including phenoxy) is 1. The molecule has 25 heavy (non-hydrogen) atoms. The van der Waals surface area contributed by atoms with Gasteiger partial charge in [0.15, 0.2) is 0 Å². The van der Waals surface area contributed by atoms with E-state index in [-0.39, 0.29) is 4.90 Å². The van der Waals surface area contributed by atoms with E-state index >= 15 is 0 Å². The second kappa shape index (κ2) is 7.15. The number of piperazine rings is 1. The van der Waals surface area contributed by atoms with Gasteiger partial charge in [-0.3, -0.25) is 0 Å². The van der Waals surface area contributed by atoms with Crippen molar-refractivity contribution in [2.24, 2.45) is 0 Å². The average molecular weight is 366 g/mol. The molecule has 0 spiro atoms. The van der Waals surface area contributed by atoms with Gasteiger partial charge in [0.2, 0.25) is 10.0 Å². The van der Waals surface area contributed by atoms with Gasteiger partial charge in [-0.05, 0) is 31.5 Å². The van der Waals surface area contributed by atoms with Gasteiger partial charge in [0.25, 0.3) is 0 Å². The zero-order valence-electron chi connectivity index (χ0n) is 14.8. The molecule has 0 bridgehead atoms. The maximum atomic E-state index is 13.0. The summed E-state index contributed by atoms with van der Waals surface area (Å²) in [5.74, 6) is 1.18. The van der Waals surface area contributed by atoms with Gasteiger partial charge >= 0.3 is 0 Å². The summed E-state index contributed by atoms with van der Waals surface area (Å²) in [6.07, 6.45) is 0. The SMILES string of the molecule is COc1ccc(C)cc1S(=O)(=O)N1CC[NH+](Cc2cc(C)on2)CC1. The molecule has 136 valence electrons. The van der Waals surface area contributed by atoms with Crippen molar-refractivity contribution < 1.29 is 22.6 Å². The molecule has 1 fully saturated rings. The number of quaternary nitrogens is 1. The molecule has 0 atom stereocenters. The van der Waals surface area contributed by atoms with E-state index in [9.17, 15) is 8.42 Å². The van der Waals surface area contributed by atoms with Gasteiger partial charge in [0.05, 0.1) is 33.3 Å². The Bertz CT molecular complexity index is 839. The maximum absolute atomic E-state index is 13.0. The van der Waals surface area contributed by atoms with Crippen LogP contribution in [0.3, 0.4) is 0 Å². The third kappa shape index (κ3) is 3.86. The molecule has 2 aromatic rings. The highest BCUT2D eigenvalue weighted by Crippen LogP contribution is 2.27. The molecule has 0 unspecified atom stereocenters. The molecule has 7 nitrogen and oxygen atoms in total. The van der Waals surface area contributed by atoms with E-state index in [2.05, 4.69) is 5.16 Å². The lowest BCUT2D eigenvalue weighted by molar-refractivity contribution is -0.917. The van der Waals surface area contributed by atoms with Gasteiger partial charge in [0, 0.05) is 6.07 Å². The first-order valence-electron chi connectivity index (χ1n) is 8.30. The number of methoxy groups -OCH3 is 1. The van der Waals surface area contributed by atoms with Gasteiger partial charge in [-0.1, -0.05) is 11.2 Å². The number of nitrogens with zero attached hydrogens (tertiary/aromatic N) is 2. The van der Waals surface area contributed by atoms with Crippen molar-refractivity contribution in [1.29, 1.82) is 0 Å². The van der Waals surface area contributed by atoms with E-state index < -0.39 is 10.0 Å². The van der Waals surface area contributed by atoms with Crippen LogP contribution in [-0.4, -0.2) is 51.2 Å². The fourth-order valence-electron chi connectivity index (χ4n) is 3.10. The van der Waals surface area contributed by atoms with Crippen LogP contribution in [0.15, 0.2) is 33.7 Å². The summed E-state index contributed by atoms with van der Waals surface area (Å²) in [5.41, 5.74) is 1.80. The quantitative estimate of drug-likeness (QED) is 0.828. The zero-order chi connectivity index (χ0) is 18.0. The molecule has 2 heterocycles. The molecule has 1 aliphatic heterocycles. The number of sulfonamides is 1. The lowest BCUT2D eigenvalue weighted by Gasteiger charge is -2.31. The van der Waals surface area contributed by atoms with E-state index in [1.165, 1.54) is 12.0 Å². The molecule has 8 heteroatoms. The smallest absolute Gasteiger partial charge is 0.247 e. The second-order valence-electron chi connectivity index (χ2n) is 6.41. The van der Waals surface area contributed by atoms with Crippen LogP contribution in [0.25, 0.3) is 0 Å². The first-order valence-corrected chi connectivity index (χ1v) is 9.74. The van der Waals surface area contributed by atoms with Crippen molar-refractivity contribution in [3.8, 4) is 5.75 Å².